The molecule has 16 heavy (non-hydrogen) atoms. The molecule has 0 aromatic rings. The number of nitrogens with zero attached hydrogens (tertiary/aromatic N) is 1. The average Bonchev–Trinajstić information content (AvgIpc) is 2.51. The summed E-state index contributed by atoms with van der Waals surface area (Å²) in [5, 5.41) is 0.0498. The molecule has 0 spiro atoms. The van der Waals surface area contributed by atoms with E-state index in [1.54, 1.807) is 0 Å². The fraction of sp³-hybridized carbons (Fsp3) is 0.818. The van der Waals surface area contributed by atoms with Crippen molar-refractivity contribution in [2.45, 2.75) is 57.2 Å². The van der Waals surface area contributed by atoms with Crippen LogP contribution in [0.5, 0.6) is 0 Å². The predicted molar refractivity (Wildman–Crippen MR) is 71.7 cm³/mol. The van der Waals surface area contributed by atoms with Gasteiger partial charge >= 0.3 is 5.16 Å². The number of nitroso groups, excluding NO2 is 1. The summed E-state index contributed by atoms with van der Waals surface area (Å²) in [5.74, 6) is 0. The van der Waals surface area contributed by atoms with E-state index in [1.165, 1.54) is 43.9 Å². The van der Waals surface area contributed by atoms with Gasteiger partial charge in [0.05, 0.1) is 4.76 Å². The maximum atomic E-state index is 11.5. The molecular formula is C11H18Cl2NOS+. The Hall–Kier alpha value is 0.270. The van der Waals surface area contributed by atoms with Crippen LogP contribution in [-0.2, 0) is 0 Å². The van der Waals surface area contributed by atoms with Gasteiger partial charge in [-0.25, -0.2) is 0 Å². The average molecular weight is 283 g/mol. The monoisotopic (exact) mass is 282 g/mol. The molecule has 1 aliphatic rings. The number of unbranched alkanes of at least 4 members (excludes halogenated alkanes) is 5. The molecule has 0 bridgehead atoms. The minimum absolute atomic E-state index is 0.105. The molecule has 0 fully saturated rings. The molecule has 5 heteroatoms. The molecule has 0 N–H and O–H groups in total. The van der Waals surface area contributed by atoms with Gasteiger partial charge in [0.1, 0.15) is 0 Å². The Kier molecular flexibility index (Phi) is 6.78. The number of hydrogen-bond donors (Lipinski definition) is 0. The quantitative estimate of drug-likeness (QED) is 0.364. The molecule has 0 saturated heterocycles. The summed E-state index contributed by atoms with van der Waals surface area (Å²) in [4.78, 5) is 11.5. The van der Waals surface area contributed by atoms with Crippen molar-refractivity contribution in [3.63, 3.8) is 0 Å². The van der Waals surface area contributed by atoms with Gasteiger partial charge in [-0.1, -0.05) is 50.6 Å². The smallest absolute Gasteiger partial charge is 0.0678 e. The lowest BCUT2D eigenvalue weighted by Crippen LogP contribution is -2.13. The van der Waals surface area contributed by atoms with Crippen molar-refractivity contribution in [3.8, 4) is 0 Å². The molecule has 1 heterocycles. The number of rotatable bonds is 7. The van der Waals surface area contributed by atoms with Crippen LogP contribution in [0.25, 0.3) is 0 Å². The second-order valence-electron chi connectivity index (χ2n) is 4.02. The van der Waals surface area contributed by atoms with E-state index in [0.29, 0.717) is 4.36 Å². The molecule has 1 rings (SSSR count). The fourth-order valence-corrected chi connectivity index (χ4v) is 3.32. The van der Waals surface area contributed by atoms with Crippen molar-refractivity contribution < 1.29 is 4.76 Å². The molecule has 0 aliphatic carbocycles. The Morgan fingerprint density at radius 3 is 2.38 bits per heavy atom. The van der Waals surface area contributed by atoms with E-state index in [4.69, 9.17) is 23.2 Å². The van der Waals surface area contributed by atoms with Gasteiger partial charge in [-0.2, -0.15) is 0 Å². The summed E-state index contributed by atoms with van der Waals surface area (Å²) in [5.41, 5.74) is 0. The maximum absolute atomic E-state index is 11.5. The molecule has 0 aromatic carbocycles. The summed E-state index contributed by atoms with van der Waals surface area (Å²) in [6.45, 7) is 2.21. The van der Waals surface area contributed by atoms with Crippen LogP contribution in [0.1, 0.15) is 51.9 Å². The van der Waals surface area contributed by atoms with Crippen molar-refractivity contribution >= 4 is 35.0 Å². The third-order valence-corrected chi connectivity index (χ3v) is 4.77. The van der Waals surface area contributed by atoms with Crippen LogP contribution >= 0.6 is 35.0 Å². The zero-order valence-electron chi connectivity index (χ0n) is 9.55. The van der Waals surface area contributed by atoms with Crippen LogP contribution in [0.15, 0.2) is 9.52 Å². The largest absolute Gasteiger partial charge is 0.350 e. The molecule has 92 valence electrons. The highest BCUT2D eigenvalue weighted by Crippen LogP contribution is 2.41. The summed E-state index contributed by atoms with van der Waals surface area (Å²) in [6.07, 6.45) is 8.28. The van der Waals surface area contributed by atoms with E-state index < -0.39 is 0 Å². The molecule has 2 nitrogen and oxygen atoms in total. The summed E-state index contributed by atoms with van der Waals surface area (Å²) >= 11 is 12.9. The van der Waals surface area contributed by atoms with Crippen LogP contribution in [0.2, 0.25) is 0 Å². The van der Waals surface area contributed by atoms with Gasteiger partial charge < -0.3 is 0 Å². The van der Waals surface area contributed by atoms with E-state index in [-0.39, 0.29) is 10.5 Å². The second kappa shape index (κ2) is 7.57. The van der Waals surface area contributed by atoms with Gasteiger partial charge in [0.2, 0.25) is 0 Å². The Labute approximate surface area is 111 Å². The molecule has 1 aliphatic heterocycles. The highest BCUT2D eigenvalue weighted by molar-refractivity contribution is 8.05. The van der Waals surface area contributed by atoms with Gasteiger partial charge in [0, 0.05) is 11.3 Å². The van der Waals surface area contributed by atoms with Gasteiger partial charge in [-0.3, -0.25) is 0 Å². The zero-order valence-corrected chi connectivity index (χ0v) is 11.9. The van der Waals surface area contributed by atoms with E-state index in [0.717, 1.165) is 17.6 Å². The Balaban J connectivity index is 2.10. The van der Waals surface area contributed by atoms with Gasteiger partial charge in [-0.05, 0) is 29.8 Å². The topological polar surface area (TPSA) is 20.1 Å². The highest BCUT2D eigenvalue weighted by Gasteiger charge is 2.40. The Bertz CT molecular complexity index is 281. The lowest BCUT2D eigenvalue weighted by molar-refractivity contribution is -0.500. The minimum Gasteiger partial charge on any atom is -0.0678 e. The first-order valence-electron chi connectivity index (χ1n) is 5.85. The molecule has 1 atom stereocenters. The van der Waals surface area contributed by atoms with E-state index in [1.807, 2.05) is 0 Å². The van der Waals surface area contributed by atoms with E-state index >= 15 is 0 Å². The minimum atomic E-state index is -0.105. The molecule has 0 radical (unpaired) electrons. The van der Waals surface area contributed by atoms with Crippen LogP contribution in [-0.4, -0.2) is 10.1 Å². The normalized spacial score (nSPS) is 20.9. The van der Waals surface area contributed by atoms with Crippen molar-refractivity contribution in [3.05, 3.63) is 14.4 Å². The third-order valence-electron chi connectivity index (χ3n) is 2.66. The lowest BCUT2D eigenvalue weighted by Gasteiger charge is -2.01. The van der Waals surface area contributed by atoms with Crippen LogP contribution in [0.3, 0.4) is 0 Å². The number of hydrogen-bond acceptors (Lipinski definition) is 2. The first kappa shape index (κ1) is 14.3. The maximum Gasteiger partial charge on any atom is 0.350 e. The SMILES string of the molecule is CCCCCCCCC1SC(Cl)=C(Cl)[N+]1=O. The van der Waals surface area contributed by atoms with E-state index in [2.05, 4.69) is 6.92 Å². The third kappa shape index (κ3) is 4.27. The first-order chi connectivity index (χ1) is 7.66. The van der Waals surface area contributed by atoms with Crippen molar-refractivity contribution in [2.24, 2.45) is 0 Å². The lowest BCUT2D eigenvalue weighted by atomic mass is 10.1. The molecule has 0 saturated carbocycles. The predicted octanol–water partition coefficient (Wildman–Crippen LogP) is 5.19. The van der Waals surface area contributed by atoms with Gasteiger partial charge in [-0.15, -0.1) is 0 Å². The van der Waals surface area contributed by atoms with Crippen molar-refractivity contribution in [1.82, 2.24) is 0 Å². The van der Waals surface area contributed by atoms with Crippen LogP contribution in [0.4, 0.5) is 0 Å². The number of halogens is 2. The number of thioether (sulfide) groups is 1. The van der Waals surface area contributed by atoms with Gasteiger partial charge in [0.25, 0.3) is 5.37 Å². The molecule has 0 aromatic heterocycles. The zero-order chi connectivity index (χ0) is 12.0. The molecular weight excluding hydrogens is 265 g/mol. The van der Waals surface area contributed by atoms with Crippen molar-refractivity contribution in [2.75, 3.05) is 0 Å². The summed E-state index contributed by atoms with van der Waals surface area (Å²) < 4.78 is 1.27. The first-order valence-corrected chi connectivity index (χ1v) is 7.48. The van der Waals surface area contributed by atoms with Crippen molar-refractivity contribution in [1.29, 1.82) is 0 Å². The van der Waals surface area contributed by atoms with Crippen LogP contribution < -0.4 is 0 Å². The Morgan fingerprint density at radius 2 is 1.81 bits per heavy atom. The summed E-state index contributed by atoms with van der Waals surface area (Å²) in [7, 11) is 0. The molecule has 1 unspecified atom stereocenters. The summed E-state index contributed by atoms with van der Waals surface area (Å²) in [6, 6.07) is 0. The molecule has 0 amide bonds. The standard InChI is InChI=1S/C11H18Cl2NOS/c1-2-3-4-5-6-7-8-9-14(15)10(12)11(13)16-9/h9H,2-8H2,1H3/q+1. The Morgan fingerprint density at radius 1 is 1.19 bits per heavy atom. The second-order valence-corrected chi connectivity index (χ2v) is 6.17. The van der Waals surface area contributed by atoms with E-state index in [9.17, 15) is 4.91 Å². The van der Waals surface area contributed by atoms with Gasteiger partial charge in [0.15, 0.2) is 4.36 Å². The van der Waals surface area contributed by atoms with Crippen LogP contribution in [0, 0.1) is 4.91 Å². The fourth-order valence-electron chi connectivity index (χ4n) is 1.70. The highest BCUT2D eigenvalue weighted by atomic mass is 35.5.